The van der Waals surface area contributed by atoms with Gasteiger partial charge in [-0.05, 0) is 118 Å². The number of rotatable bonds is 38. The molecule has 2 aliphatic carbocycles. The van der Waals surface area contributed by atoms with E-state index in [1.54, 1.807) is 52.4 Å². The number of imidazole rings is 2. The summed E-state index contributed by atoms with van der Waals surface area (Å²) in [5.41, 5.74) is 24.2. The highest BCUT2D eigenvalue weighted by Gasteiger charge is 2.33. The molecule has 9 aromatic rings. The van der Waals surface area contributed by atoms with Crippen molar-refractivity contribution in [1.29, 1.82) is 0 Å². The third-order valence-corrected chi connectivity index (χ3v) is 19.3. The van der Waals surface area contributed by atoms with Crippen LogP contribution in [0.1, 0.15) is 132 Å². The number of urea groups is 1. The predicted octanol–water partition coefficient (Wildman–Crippen LogP) is 3.54. The van der Waals surface area contributed by atoms with Crippen molar-refractivity contribution in [2.24, 2.45) is 17.6 Å². The minimum atomic E-state index is -0.893. The van der Waals surface area contributed by atoms with Crippen LogP contribution >= 0.6 is 0 Å². The Hall–Kier alpha value is -11.6. The number of hydrogen-bond donors (Lipinski definition) is 9. The fourth-order valence-corrected chi connectivity index (χ4v) is 13.0. The number of anilines is 2. The van der Waals surface area contributed by atoms with E-state index in [9.17, 15) is 47.9 Å². The maximum absolute atomic E-state index is 13.8. The van der Waals surface area contributed by atoms with Crippen molar-refractivity contribution in [3.8, 4) is 0 Å². The van der Waals surface area contributed by atoms with Crippen LogP contribution in [0.3, 0.4) is 0 Å². The van der Waals surface area contributed by atoms with Gasteiger partial charge < -0.3 is 72.4 Å². The fraction of sp³-hybridized carbons (Fsp3) is 0.507. The van der Waals surface area contributed by atoms with Crippen LogP contribution in [0.2, 0.25) is 0 Å². The number of nitrogens with two attached hydrogens (primary N) is 3. The summed E-state index contributed by atoms with van der Waals surface area (Å²) in [6, 6.07) is 17.2. The molecule has 109 heavy (non-hydrogen) atoms. The highest BCUT2D eigenvalue weighted by Crippen LogP contribution is 2.29. The Kier molecular flexibility index (Phi) is 27.7. The highest BCUT2D eigenvalue weighted by atomic mass is 16.6. The van der Waals surface area contributed by atoms with E-state index in [1.165, 1.54) is 23.0 Å². The Morgan fingerprint density at radius 2 is 1.12 bits per heavy atom. The molecule has 0 unspecified atom stereocenters. The Bertz CT molecular complexity index is 4840. The zero-order valence-electron chi connectivity index (χ0n) is 62.3. The summed E-state index contributed by atoms with van der Waals surface area (Å²) < 4.78 is 23.3. The van der Waals surface area contributed by atoms with E-state index >= 15 is 0 Å². The number of fused-ring (bicyclic) bond motifs is 4. The maximum Gasteiger partial charge on any atom is 0.410 e. The minimum Gasteiger partial charge on any atom is -0.445 e. The van der Waals surface area contributed by atoms with Crippen LogP contribution in [0.25, 0.3) is 44.4 Å². The molecule has 3 aromatic carbocycles. The van der Waals surface area contributed by atoms with Crippen LogP contribution < -0.4 is 49.8 Å². The standard InChI is InChI=1S/C47H63N13O9.C26H34N10O4/c1-28(2)36(25-35(62)16-21-68-22-18-50-30(4)61)44(64)54-37(9-6-17-51-45(49)65)40(63)24-31-10-12-32(13-11-31)27-69-47(67)58(34-7-5-8-34)19-20-60-39-15-14-33(23-38(39)56-57-60)26-59-43-41(55-46(59)66)42(48)52-29(3)53-43;1-16-29-24(27)23-25(30-16)35(26(39)31-23)15-18-6-7-21-20(14-18)32-33-36(21)11-10-34(19-4-3-5-19)22(38)8-12-40-13-9-28-17(2)37/h10-15,23,28,34,36-37H,5-9,16-22,24-27H2,1-4H3,(H,50,61)(H,54,64)(H,55,66)(H2,48,52,53)(H3,49,51,65);6-7,14,19H,3-5,8-13,15H2,1-2H3,(H,28,37)(H,31,39)(H2,27,29,30)/t36-,37-;/m0./s1. The molecule has 36 heteroatoms. The van der Waals surface area contributed by atoms with E-state index in [2.05, 4.69) is 71.8 Å². The number of nitrogen functional groups attached to an aromatic ring is 2. The first-order valence-corrected chi connectivity index (χ1v) is 36.8. The lowest BCUT2D eigenvalue weighted by atomic mass is 9.88. The van der Waals surface area contributed by atoms with Crippen molar-refractivity contribution in [3.63, 3.8) is 0 Å². The molecule has 2 saturated carbocycles. The summed E-state index contributed by atoms with van der Waals surface area (Å²) in [5.74, 6) is -0.558. The number of aromatic nitrogens is 14. The van der Waals surface area contributed by atoms with Gasteiger partial charge in [-0.2, -0.15) is 0 Å². The van der Waals surface area contributed by atoms with E-state index in [4.69, 9.17) is 31.4 Å². The van der Waals surface area contributed by atoms with Crippen LogP contribution in [0, 0.1) is 25.7 Å². The number of primary amides is 1. The molecule has 6 heterocycles. The Balaban J connectivity index is 0.000000267. The van der Waals surface area contributed by atoms with E-state index in [0.717, 1.165) is 66.2 Å². The van der Waals surface area contributed by atoms with Gasteiger partial charge in [0.15, 0.2) is 28.7 Å². The summed E-state index contributed by atoms with van der Waals surface area (Å²) >= 11 is 0. The highest BCUT2D eigenvalue weighted by molar-refractivity contribution is 5.93. The summed E-state index contributed by atoms with van der Waals surface area (Å²) in [7, 11) is 0. The van der Waals surface area contributed by atoms with Gasteiger partial charge >= 0.3 is 23.5 Å². The summed E-state index contributed by atoms with van der Waals surface area (Å²) in [6.07, 6.45) is 6.36. The second kappa shape index (κ2) is 37.8. The zero-order chi connectivity index (χ0) is 77.8. The molecule has 6 aromatic heterocycles. The molecule has 11 rings (SSSR count). The molecule has 2 fully saturated rings. The molecule has 0 spiro atoms. The lowest BCUT2D eigenvalue weighted by Gasteiger charge is -2.37. The van der Waals surface area contributed by atoms with E-state index < -0.39 is 30.0 Å². The van der Waals surface area contributed by atoms with Gasteiger partial charge in [0, 0.05) is 83.8 Å². The number of nitrogens with zero attached hydrogens (tertiary/aromatic N) is 14. The molecule has 0 bridgehead atoms. The largest absolute Gasteiger partial charge is 0.445 e. The molecule has 2 aliphatic rings. The van der Waals surface area contributed by atoms with Crippen molar-refractivity contribution >= 4 is 103 Å². The number of benzene rings is 3. The van der Waals surface area contributed by atoms with Crippen molar-refractivity contribution in [3.05, 3.63) is 116 Å². The number of Topliss-reactive ketones (excluding diaryl/α,β-unsaturated/α-hetero) is 2. The van der Waals surface area contributed by atoms with Gasteiger partial charge in [-0.1, -0.05) is 60.7 Å². The summed E-state index contributed by atoms with van der Waals surface area (Å²) in [4.78, 5) is 152. The normalized spacial score (nSPS) is 13.5. The summed E-state index contributed by atoms with van der Waals surface area (Å²) in [6.45, 7) is 14.3. The van der Waals surface area contributed by atoms with Crippen LogP contribution in [-0.4, -0.2) is 203 Å². The lowest BCUT2D eigenvalue weighted by molar-refractivity contribution is -0.136. The van der Waals surface area contributed by atoms with Gasteiger partial charge in [0.2, 0.25) is 23.6 Å². The topological polar surface area (TPSA) is 485 Å². The van der Waals surface area contributed by atoms with Crippen molar-refractivity contribution in [2.75, 3.05) is 70.6 Å². The third kappa shape index (κ3) is 21.8. The molecule has 0 aliphatic heterocycles. The van der Waals surface area contributed by atoms with Crippen LogP contribution in [0.4, 0.5) is 21.2 Å². The number of carbonyl (C=O) groups excluding carboxylic acids is 8. The van der Waals surface area contributed by atoms with Gasteiger partial charge in [-0.25, -0.2) is 48.5 Å². The quantitative estimate of drug-likeness (QED) is 0.0250. The Morgan fingerprint density at radius 1 is 0.624 bits per heavy atom. The second-order valence-electron chi connectivity index (χ2n) is 27.8. The number of carbonyl (C=O) groups is 8. The first kappa shape index (κ1) is 80.0. The Labute approximate surface area is 626 Å². The number of hydrogen-bond acceptors (Lipinski definition) is 23. The number of nitrogens with one attached hydrogen (secondary N) is 6. The van der Waals surface area contributed by atoms with E-state index in [1.807, 2.05) is 55.1 Å². The van der Waals surface area contributed by atoms with Crippen LogP contribution in [0.5, 0.6) is 0 Å². The van der Waals surface area contributed by atoms with Crippen LogP contribution in [-0.2, 0) is 82.2 Å². The van der Waals surface area contributed by atoms with Gasteiger partial charge in [-0.15, -0.1) is 10.2 Å². The Morgan fingerprint density at radius 3 is 1.61 bits per heavy atom. The molecule has 582 valence electrons. The zero-order valence-corrected chi connectivity index (χ0v) is 62.3. The average Bonchev–Trinajstić information content (AvgIpc) is 1.65. The van der Waals surface area contributed by atoms with Crippen LogP contribution in [0.15, 0.2) is 70.3 Å². The van der Waals surface area contributed by atoms with Gasteiger partial charge in [0.1, 0.15) is 46.1 Å². The molecule has 0 radical (unpaired) electrons. The predicted molar refractivity (Wildman–Crippen MR) is 402 cm³/mol. The lowest BCUT2D eigenvalue weighted by Crippen LogP contribution is -2.46. The number of amides is 7. The minimum absolute atomic E-state index is 0.00208. The van der Waals surface area contributed by atoms with Gasteiger partial charge in [0.25, 0.3) is 0 Å². The van der Waals surface area contributed by atoms with E-state index in [0.29, 0.717) is 116 Å². The van der Waals surface area contributed by atoms with Crippen molar-refractivity contribution < 1.29 is 52.6 Å². The van der Waals surface area contributed by atoms with Crippen molar-refractivity contribution in [1.82, 2.24) is 100 Å². The monoisotopic (exact) mass is 1500 g/mol. The third-order valence-electron chi connectivity index (χ3n) is 19.3. The first-order valence-electron chi connectivity index (χ1n) is 36.8. The van der Waals surface area contributed by atoms with Gasteiger partial charge in [0.05, 0.1) is 76.1 Å². The molecular weight excluding hydrogens is 1410 g/mol. The molecular formula is C73H97N23O13. The van der Waals surface area contributed by atoms with Gasteiger partial charge in [-0.3, -0.25) is 37.9 Å². The molecule has 36 nitrogen and oxygen atoms in total. The average molecular weight is 1500 g/mol. The smallest absolute Gasteiger partial charge is 0.410 e. The van der Waals surface area contributed by atoms with Crippen molar-refractivity contribution in [2.45, 2.75) is 170 Å². The number of ether oxygens (including phenoxy) is 3. The number of ketones is 2. The molecule has 12 N–H and O–H groups in total. The second-order valence-corrected chi connectivity index (χ2v) is 27.8. The first-order chi connectivity index (χ1) is 52.3. The number of aromatic amines is 2. The van der Waals surface area contributed by atoms with E-state index in [-0.39, 0.29) is 135 Å². The molecule has 0 saturated heterocycles. The summed E-state index contributed by atoms with van der Waals surface area (Å²) in [5, 5.41) is 28.1. The SMILES string of the molecule is CC(=O)NCCOCCC(=O)C[C@H](C(=O)N[C@@H](CCCNC(N)=O)C(=O)Cc1ccc(COC(=O)N(CCn2nnc3cc(Cn4c(=O)[nH]c5c(N)nc(C)nc54)ccc32)C2CCC2)cc1)C(C)C.CC(=O)NCCOCCC(=O)N(CCn1nnc2cc(Cn3c(=O)[nH]c4c(N)nc(C)nc43)ccc21)C1CCC1. The maximum atomic E-state index is 13.8. The molecule has 2 atom stereocenters. The molecule has 7 amide bonds. The fourth-order valence-electron chi connectivity index (χ4n) is 13.0. The number of aryl methyl sites for hydroxylation is 2. The number of H-pyrrole nitrogens is 2.